The predicted molar refractivity (Wildman–Crippen MR) is 74.3 cm³/mol. The number of aryl methyl sites for hydroxylation is 1. The van der Waals surface area contributed by atoms with E-state index in [1.54, 1.807) is 31.2 Å². The Kier molecular flexibility index (Phi) is 3.82. The van der Waals surface area contributed by atoms with Crippen molar-refractivity contribution in [1.82, 2.24) is 0 Å². The quantitative estimate of drug-likeness (QED) is 0.891. The van der Waals surface area contributed by atoms with Crippen LogP contribution in [0.15, 0.2) is 42.5 Å². The van der Waals surface area contributed by atoms with E-state index in [4.69, 9.17) is 5.26 Å². The molecule has 0 aliphatic rings. The van der Waals surface area contributed by atoms with Gasteiger partial charge in [0.1, 0.15) is 5.82 Å². The number of benzene rings is 2. The first-order chi connectivity index (χ1) is 9.10. The van der Waals surface area contributed by atoms with E-state index in [0.717, 1.165) is 11.3 Å². The highest BCUT2D eigenvalue weighted by atomic mass is 19.1. The number of halogens is 1. The zero-order chi connectivity index (χ0) is 13.8. The summed E-state index contributed by atoms with van der Waals surface area (Å²) in [4.78, 5) is 0. The van der Waals surface area contributed by atoms with Crippen LogP contribution in [0.4, 0.5) is 10.1 Å². The smallest absolute Gasteiger partial charge is 0.126 e. The molecule has 1 atom stereocenters. The van der Waals surface area contributed by atoms with E-state index in [1.165, 1.54) is 0 Å². The first kappa shape index (κ1) is 13.1. The number of nitrogens with zero attached hydrogens (tertiary/aromatic N) is 1. The van der Waals surface area contributed by atoms with Gasteiger partial charge in [-0.3, -0.25) is 0 Å². The molecule has 2 aromatic carbocycles. The van der Waals surface area contributed by atoms with Crippen molar-refractivity contribution in [3.63, 3.8) is 0 Å². The third kappa shape index (κ3) is 3.11. The summed E-state index contributed by atoms with van der Waals surface area (Å²) in [6, 6.07) is 14.5. The van der Waals surface area contributed by atoms with Gasteiger partial charge in [-0.05, 0) is 49.2 Å². The average Bonchev–Trinajstić information content (AvgIpc) is 2.42. The molecular weight excluding hydrogens is 239 g/mol. The number of hydrogen-bond acceptors (Lipinski definition) is 2. The third-order valence-electron chi connectivity index (χ3n) is 3.07. The van der Waals surface area contributed by atoms with Crippen molar-refractivity contribution in [2.24, 2.45) is 0 Å². The van der Waals surface area contributed by atoms with Crippen LogP contribution in [0.2, 0.25) is 0 Å². The van der Waals surface area contributed by atoms with Crippen LogP contribution in [-0.2, 0) is 0 Å². The van der Waals surface area contributed by atoms with Crippen LogP contribution in [0.1, 0.15) is 29.7 Å². The van der Waals surface area contributed by atoms with E-state index < -0.39 is 0 Å². The number of hydrogen-bond donors (Lipinski definition) is 1. The van der Waals surface area contributed by atoms with Gasteiger partial charge in [-0.25, -0.2) is 4.39 Å². The Labute approximate surface area is 112 Å². The van der Waals surface area contributed by atoms with Crippen LogP contribution >= 0.6 is 0 Å². The van der Waals surface area contributed by atoms with Gasteiger partial charge in [0.25, 0.3) is 0 Å². The van der Waals surface area contributed by atoms with Gasteiger partial charge < -0.3 is 5.32 Å². The molecule has 1 N–H and O–H groups in total. The van der Waals surface area contributed by atoms with Crippen LogP contribution in [-0.4, -0.2) is 0 Å². The fourth-order valence-corrected chi connectivity index (χ4v) is 1.89. The summed E-state index contributed by atoms with van der Waals surface area (Å²) < 4.78 is 13.5. The second kappa shape index (κ2) is 5.53. The molecule has 0 radical (unpaired) electrons. The SMILES string of the molecule is Cc1ccc(C(C)Nc2cccc(C#N)c2)cc1F. The Morgan fingerprint density at radius 1 is 1.21 bits per heavy atom. The van der Waals surface area contributed by atoms with Crippen LogP contribution in [0.3, 0.4) is 0 Å². The average molecular weight is 254 g/mol. The minimum absolute atomic E-state index is 0.0240. The maximum Gasteiger partial charge on any atom is 0.126 e. The zero-order valence-corrected chi connectivity index (χ0v) is 10.9. The van der Waals surface area contributed by atoms with Crippen LogP contribution in [0.25, 0.3) is 0 Å². The molecule has 0 saturated carbocycles. The first-order valence-electron chi connectivity index (χ1n) is 6.13. The summed E-state index contributed by atoms with van der Waals surface area (Å²) in [5, 5.41) is 12.1. The molecule has 0 amide bonds. The molecule has 0 spiro atoms. The van der Waals surface area contributed by atoms with E-state index in [9.17, 15) is 4.39 Å². The van der Waals surface area contributed by atoms with Crippen LogP contribution < -0.4 is 5.32 Å². The molecule has 0 aliphatic carbocycles. The number of anilines is 1. The lowest BCUT2D eigenvalue weighted by Crippen LogP contribution is -2.07. The molecule has 0 bridgehead atoms. The number of nitriles is 1. The summed E-state index contributed by atoms with van der Waals surface area (Å²) in [5.74, 6) is -0.197. The van der Waals surface area contributed by atoms with E-state index in [1.807, 2.05) is 25.1 Å². The third-order valence-corrected chi connectivity index (χ3v) is 3.07. The predicted octanol–water partition coefficient (Wildman–Crippen LogP) is 4.18. The molecule has 0 aromatic heterocycles. The van der Waals surface area contributed by atoms with Gasteiger partial charge in [-0.2, -0.15) is 5.26 Å². The lowest BCUT2D eigenvalue weighted by atomic mass is 10.1. The monoisotopic (exact) mass is 254 g/mol. The standard InChI is InChI=1S/C16H15FN2/c1-11-6-7-14(9-16(11)17)12(2)19-15-5-3-4-13(8-15)10-18/h3-9,12,19H,1-2H3. The van der Waals surface area contributed by atoms with E-state index >= 15 is 0 Å². The van der Waals surface area contributed by atoms with Gasteiger partial charge in [0, 0.05) is 11.7 Å². The van der Waals surface area contributed by atoms with Gasteiger partial charge >= 0.3 is 0 Å². The number of rotatable bonds is 3. The van der Waals surface area contributed by atoms with Crippen molar-refractivity contribution in [1.29, 1.82) is 5.26 Å². The van der Waals surface area contributed by atoms with Gasteiger partial charge in [-0.15, -0.1) is 0 Å². The van der Waals surface area contributed by atoms with Crippen molar-refractivity contribution in [3.8, 4) is 6.07 Å². The highest BCUT2D eigenvalue weighted by Gasteiger charge is 2.08. The molecule has 2 aromatic rings. The molecular formula is C16H15FN2. The molecule has 2 rings (SSSR count). The summed E-state index contributed by atoms with van der Waals surface area (Å²) >= 11 is 0. The Hall–Kier alpha value is -2.34. The fourth-order valence-electron chi connectivity index (χ4n) is 1.89. The van der Waals surface area contributed by atoms with Crippen molar-refractivity contribution in [2.75, 3.05) is 5.32 Å². The van der Waals surface area contributed by atoms with Gasteiger partial charge in [0.15, 0.2) is 0 Å². The van der Waals surface area contributed by atoms with Crippen molar-refractivity contribution < 1.29 is 4.39 Å². The second-order valence-electron chi connectivity index (χ2n) is 4.57. The molecule has 3 heteroatoms. The Morgan fingerprint density at radius 2 is 2.00 bits per heavy atom. The first-order valence-corrected chi connectivity index (χ1v) is 6.13. The highest BCUT2D eigenvalue weighted by Crippen LogP contribution is 2.21. The summed E-state index contributed by atoms with van der Waals surface area (Å²) in [5.41, 5.74) is 2.98. The molecule has 0 aliphatic heterocycles. The molecule has 96 valence electrons. The maximum atomic E-state index is 13.5. The highest BCUT2D eigenvalue weighted by molar-refractivity contribution is 5.50. The second-order valence-corrected chi connectivity index (χ2v) is 4.57. The molecule has 0 heterocycles. The minimum Gasteiger partial charge on any atom is -0.378 e. The lowest BCUT2D eigenvalue weighted by molar-refractivity contribution is 0.614. The molecule has 2 nitrogen and oxygen atoms in total. The normalized spacial score (nSPS) is 11.7. The van der Waals surface area contributed by atoms with Crippen molar-refractivity contribution in [3.05, 3.63) is 65.0 Å². The fraction of sp³-hybridized carbons (Fsp3) is 0.188. The van der Waals surface area contributed by atoms with E-state index in [2.05, 4.69) is 11.4 Å². The van der Waals surface area contributed by atoms with Crippen molar-refractivity contribution in [2.45, 2.75) is 19.9 Å². The Bertz CT molecular complexity index is 629. The molecule has 1 unspecified atom stereocenters. The topological polar surface area (TPSA) is 35.8 Å². The Morgan fingerprint density at radius 3 is 2.68 bits per heavy atom. The Balaban J connectivity index is 2.18. The van der Waals surface area contributed by atoms with Gasteiger partial charge in [0.05, 0.1) is 11.6 Å². The number of nitrogens with one attached hydrogen (secondary N) is 1. The lowest BCUT2D eigenvalue weighted by Gasteiger charge is -2.16. The largest absolute Gasteiger partial charge is 0.378 e. The summed E-state index contributed by atoms with van der Waals surface area (Å²) in [6.07, 6.45) is 0. The molecule has 19 heavy (non-hydrogen) atoms. The molecule has 0 saturated heterocycles. The summed E-state index contributed by atoms with van der Waals surface area (Å²) in [7, 11) is 0. The van der Waals surface area contributed by atoms with Gasteiger partial charge in [-0.1, -0.05) is 18.2 Å². The van der Waals surface area contributed by atoms with E-state index in [0.29, 0.717) is 11.1 Å². The zero-order valence-electron chi connectivity index (χ0n) is 10.9. The van der Waals surface area contributed by atoms with Crippen molar-refractivity contribution >= 4 is 5.69 Å². The maximum absolute atomic E-state index is 13.5. The molecule has 0 fully saturated rings. The summed E-state index contributed by atoms with van der Waals surface area (Å²) in [6.45, 7) is 3.71. The van der Waals surface area contributed by atoms with Crippen LogP contribution in [0.5, 0.6) is 0 Å². The van der Waals surface area contributed by atoms with Crippen LogP contribution in [0, 0.1) is 24.1 Å². The van der Waals surface area contributed by atoms with Gasteiger partial charge in [0.2, 0.25) is 0 Å². The minimum atomic E-state index is -0.197. The van der Waals surface area contributed by atoms with E-state index in [-0.39, 0.29) is 11.9 Å².